The molecule has 4 rings (SSSR count). The molecule has 0 saturated heterocycles. The van der Waals surface area contributed by atoms with Crippen LogP contribution in [-0.2, 0) is 40.0 Å². The molecule has 8 amide bonds. The van der Waals surface area contributed by atoms with E-state index in [1.807, 2.05) is 48.5 Å². The van der Waals surface area contributed by atoms with E-state index < -0.39 is 65.9 Å². The van der Waals surface area contributed by atoms with E-state index in [4.69, 9.17) is 25.7 Å². The summed E-state index contributed by atoms with van der Waals surface area (Å²) in [7, 11) is 0. The number of hydrogen-bond acceptors (Lipinski definition) is 10. The zero-order valence-electron chi connectivity index (χ0n) is 33.2. The molecule has 1 aliphatic carbocycles. The maximum absolute atomic E-state index is 13.6. The van der Waals surface area contributed by atoms with E-state index in [1.54, 1.807) is 38.1 Å². The number of anilines is 1. The molecule has 0 aliphatic heterocycles. The second kappa shape index (κ2) is 22.3. The van der Waals surface area contributed by atoms with Crippen LogP contribution in [0.3, 0.4) is 0 Å². The topological polar surface area (TPSA) is 271 Å². The summed E-state index contributed by atoms with van der Waals surface area (Å²) in [5, 5.41) is 15.7. The number of primary amides is 2. The lowest BCUT2D eigenvalue weighted by Crippen LogP contribution is -2.58. The Bertz CT molecular complexity index is 1910. The van der Waals surface area contributed by atoms with Crippen LogP contribution in [0.15, 0.2) is 72.8 Å². The van der Waals surface area contributed by atoms with Crippen LogP contribution in [0.5, 0.6) is 0 Å². The van der Waals surface area contributed by atoms with Gasteiger partial charge in [-0.1, -0.05) is 74.5 Å². The zero-order chi connectivity index (χ0) is 42.9. The van der Waals surface area contributed by atoms with Crippen molar-refractivity contribution in [3.63, 3.8) is 0 Å². The average molecular weight is 817 g/mol. The van der Waals surface area contributed by atoms with E-state index in [-0.39, 0.29) is 58.3 Å². The van der Waals surface area contributed by atoms with Gasteiger partial charge in [-0.3, -0.25) is 19.2 Å². The van der Waals surface area contributed by atoms with E-state index in [1.165, 1.54) is 6.92 Å². The molecule has 59 heavy (non-hydrogen) atoms. The highest BCUT2D eigenvalue weighted by molar-refractivity contribution is 5.99. The van der Waals surface area contributed by atoms with Crippen LogP contribution in [0.25, 0.3) is 11.1 Å². The third-order valence-corrected chi connectivity index (χ3v) is 9.29. The number of carbonyl (C=O) groups is 7. The molecule has 0 fully saturated rings. The lowest BCUT2D eigenvalue weighted by Gasteiger charge is -2.27. The number of nitrogens with one attached hydrogen (secondary N) is 6. The first kappa shape index (κ1) is 45.0. The Labute approximate surface area is 341 Å². The van der Waals surface area contributed by atoms with Crippen molar-refractivity contribution < 1.29 is 47.8 Å². The molecule has 10 N–H and O–H groups in total. The van der Waals surface area contributed by atoms with E-state index in [9.17, 15) is 33.6 Å². The number of amides is 8. The number of urea groups is 1. The SMILES string of the molecule is CC(=O)N[C@H](COCCNC(=O)OCC1c2ccccc2-c2ccccc21)C(=O)N[C@H](C(=O)N[C@@H](CCCNC(N)=O)C(=O)Nc1ccc(COC(N)=O)cc1)C(C)C. The van der Waals surface area contributed by atoms with Gasteiger partial charge in [0, 0.05) is 31.6 Å². The summed E-state index contributed by atoms with van der Waals surface area (Å²) in [5.41, 5.74) is 15.6. The second-order valence-electron chi connectivity index (χ2n) is 14.1. The Hall–Kier alpha value is -6.69. The Kier molecular flexibility index (Phi) is 17.0. The quantitative estimate of drug-likeness (QED) is 0.0727. The van der Waals surface area contributed by atoms with Gasteiger partial charge < -0.3 is 57.6 Å². The van der Waals surface area contributed by atoms with Gasteiger partial charge in [-0.2, -0.15) is 0 Å². The molecule has 18 heteroatoms. The minimum absolute atomic E-state index is 0.0209. The standard InChI is InChI=1S/C41H52N8O10/c1-24(2)35(38(53)48-33(13-8-18-44-39(42)54)36(51)47-27-16-14-26(15-17-27)21-58-40(43)55)49-37(52)34(46-25(3)50)23-57-20-19-45-41(56)59-22-32-30-11-6-4-9-28(30)29-10-5-7-12-31(29)32/h4-7,9-12,14-17,24,32-35H,8,13,18-23H2,1-3H3,(H2,43,55)(H,45,56)(H,46,50)(H,47,51)(H,48,53)(H,49,52)(H3,42,44,54)/t33-,34+,35-/m0/s1. The molecule has 0 saturated carbocycles. The van der Waals surface area contributed by atoms with Crippen LogP contribution in [0, 0.1) is 5.92 Å². The van der Waals surface area contributed by atoms with Crippen LogP contribution >= 0.6 is 0 Å². The number of rotatable bonds is 21. The van der Waals surface area contributed by atoms with Crippen molar-refractivity contribution in [2.45, 2.75) is 64.3 Å². The summed E-state index contributed by atoms with van der Waals surface area (Å²) in [6.07, 6.45) is -1.21. The first-order valence-electron chi connectivity index (χ1n) is 19.1. The fraction of sp³-hybridized carbons (Fsp3) is 0.390. The number of ether oxygens (including phenoxy) is 3. The number of benzene rings is 3. The van der Waals surface area contributed by atoms with Gasteiger partial charge in [0.15, 0.2) is 0 Å². The Balaban J connectivity index is 1.29. The fourth-order valence-corrected chi connectivity index (χ4v) is 6.41. The van der Waals surface area contributed by atoms with Gasteiger partial charge in [-0.25, -0.2) is 14.4 Å². The summed E-state index contributed by atoms with van der Waals surface area (Å²) >= 11 is 0. The van der Waals surface area contributed by atoms with Gasteiger partial charge in [0.2, 0.25) is 23.6 Å². The number of hydrogen-bond donors (Lipinski definition) is 8. The normalized spacial score (nSPS) is 13.1. The van der Waals surface area contributed by atoms with E-state index >= 15 is 0 Å². The summed E-state index contributed by atoms with van der Waals surface area (Å²) < 4.78 is 15.9. The average Bonchev–Trinajstić information content (AvgIpc) is 3.52. The molecule has 0 unspecified atom stereocenters. The molecule has 3 aromatic carbocycles. The van der Waals surface area contributed by atoms with Crippen molar-refractivity contribution in [1.29, 1.82) is 0 Å². The first-order valence-corrected chi connectivity index (χ1v) is 19.1. The fourth-order valence-electron chi connectivity index (χ4n) is 6.41. The minimum atomic E-state index is -1.20. The number of alkyl carbamates (subject to hydrolysis) is 1. The van der Waals surface area contributed by atoms with Crippen LogP contribution in [0.1, 0.15) is 56.2 Å². The van der Waals surface area contributed by atoms with E-state index in [0.717, 1.165) is 22.3 Å². The van der Waals surface area contributed by atoms with Crippen molar-refractivity contribution >= 4 is 47.5 Å². The van der Waals surface area contributed by atoms with Crippen molar-refractivity contribution in [2.75, 3.05) is 38.2 Å². The largest absolute Gasteiger partial charge is 0.449 e. The van der Waals surface area contributed by atoms with Crippen LogP contribution in [0.2, 0.25) is 0 Å². The molecular formula is C41H52N8O10. The third-order valence-electron chi connectivity index (χ3n) is 9.29. The van der Waals surface area contributed by atoms with Gasteiger partial charge in [0.1, 0.15) is 31.3 Å². The van der Waals surface area contributed by atoms with Gasteiger partial charge in [-0.05, 0) is 58.7 Å². The molecule has 0 radical (unpaired) electrons. The van der Waals surface area contributed by atoms with Gasteiger partial charge >= 0.3 is 18.2 Å². The van der Waals surface area contributed by atoms with Gasteiger partial charge in [0.05, 0.1) is 13.2 Å². The predicted octanol–water partition coefficient (Wildman–Crippen LogP) is 2.35. The summed E-state index contributed by atoms with van der Waals surface area (Å²) in [6.45, 7) is 4.57. The number of fused-ring (bicyclic) bond motifs is 3. The van der Waals surface area contributed by atoms with Crippen molar-refractivity contribution in [3.05, 3.63) is 89.5 Å². The maximum atomic E-state index is 13.6. The van der Waals surface area contributed by atoms with Crippen LogP contribution < -0.4 is 43.4 Å². The Morgan fingerprint density at radius 3 is 1.95 bits per heavy atom. The monoisotopic (exact) mass is 816 g/mol. The smallest absolute Gasteiger partial charge is 0.407 e. The maximum Gasteiger partial charge on any atom is 0.407 e. The molecule has 3 atom stereocenters. The molecule has 0 aromatic heterocycles. The van der Waals surface area contributed by atoms with Crippen molar-refractivity contribution in [1.82, 2.24) is 26.6 Å². The highest BCUT2D eigenvalue weighted by Crippen LogP contribution is 2.44. The number of carbonyl (C=O) groups excluding carboxylic acids is 7. The molecule has 3 aromatic rings. The summed E-state index contributed by atoms with van der Waals surface area (Å²) in [5.74, 6) is -3.06. The molecular weight excluding hydrogens is 764 g/mol. The minimum Gasteiger partial charge on any atom is -0.449 e. The van der Waals surface area contributed by atoms with Crippen molar-refractivity contribution in [2.24, 2.45) is 17.4 Å². The van der Waals surface area contributed by atoms with Crippen molar-refractivity contribution in [3.8, 4) is 11.1 Å². The first-order chi connectivity index (χ1) is 28.2. The van der Waals surface area contributed by atoms with Gasteiger partial charge in [0.25, 0.3) is 0 Å². The Morgan fingerprint density at radius 2 is 1.36 bits per heavy atom. The van der Waals surface area contributed by atoms with Crippen LogP contribution in [0.4, 0.5) is 20.1 Å². The van der Waals surface area contributed by atoms with Crippen LogP contribution in [-0.4, -0.2) is 92.9 Å². The predicted molar refractivity (Wildman–Crippen MR) is 216 cm³/mol. The highest BCUT2D eigenvalue weighted by Gasteiger charge is 2.32. The lowest BCUT2D eigenvalue weighted by atomic mass is 9.98. The lowest BCUT2D eigenvalue weighted by molar-refractivity contribution is -0.134. The van der Waals surface area contributed by atoms with E-state index in [0.29, 0.717) is 11.3 Å². The molecule has 316 valence electrons. The molecule has 1 aliphatic rings. The Morgan fingerprint density at radius 1 is 0.712 bits per heavy atom. The summed E-state index contributed by atoms with van der Waals surface area (Å²) in [4.78, 5) is 87.2. The van der Waals surface area contributed by atoms with Gasteiger partial charge in [-0.15, -0.1) is 0 Å². The highest BCUT2D eigenvalue weighted by atomic mass is 16.6. The molecule has 0 bridgehead atoms. The zero-order valence-corrected chi connectivity index (χ0v) is 33.2. The van der Waals surface area contributed by atoms with E-state index in [2.05, 4.69) is 31.9 Å². The molecule has 0 spiro atoms. The molecule has 0 heterocycles. The molecule has 18 nitrogen and oxygen atoms in total. The second-order valence-corrected chi connectivity index (χ2v) is 14.1. The third kappa shape index (κ3) is 14.0. The summed E-state index contributed by atoms with van der Waals surface area (Å²) in [6, 6.07) is 18.2. The number of nitrogens with two attached hydrogens (primary N) is 2.